The lowest BCUT2D eigenvalue weighted by Crippen LogP contribution is -2.31. The third-order valence-corrected chi connectivity index (χ3v) is 14.2. The monoisotopic (exact) mass is 898 g/mol. The lowest BCUT2D eigenvalue weighted by molar-refractivity contribution is 0.223. The standard InChI is InChI=1S/C36H35N5O.C23H24N2.CH4/c42-36-33(23-26-11-4-1-5-12-26)37-31-25-34-32(24-30(31)39-36)38-35(41(34)22-10-21-40-19-8-3-9-20-40)29-17-15-28(16-18-29)27-13-6-2-7-14-27;1-15-6-7-16-11-19(12-18(16)10-15)23-22-13-21(9-8-17(22)14-24-23)25-20-4-2-3-5-20;/h1-2,4-7,11-18,24-25H,3,8-10,19-23H2,(H,39,42);6-11,13,20,25H,2-5,12,14H2,1H3;1H4. The number of benzene rings is 6. The fourth-order valence-corrected chi connectivity index (χ4v) is 10.7. The molecule has 0 bridgehead atoms. The molecular formula is C60H63N7O. The molecule has 4 aliphatic rings. The van der Waals surface area contributed by atoms with Crippen LogP contribution in [0.3, 0.4) is 0 Å². The van der Waals surface area contributed by atoms with Crippen molar-refractivity contribution in [2.75, 3.05) is 25.0 Å². The van der Waals surface area contributed by atoms with Crippen molar-refractivity contribution in [2.24, 2.45) is 4.99 Å². The summed E-state index contributed by atoms with van der Waals surface area (Å²) in [4.78, 5) is 33.5. The molecule has 1 saturated heterocycles. The first-order valence-electron chi connectivity index (χ1n) is 24.6. The van der Waals surface area contributed by atoms with Crippen molar-refractivity contribution in [1.82, 2.24) is 24.4 Å². The molecule has 2 fully saturated rings. The second-order valence-corrected chi connectivity index (χ2v) is 19.0. The van der Waals surface area contributed by atoms with E-state index in [-0.39, 0.29) is 13.0 Å². The second-order valence-electron chi connectivity index (χ2n) is 19.0. The van der Waals surface area contributed by atoms with Crippen molar-refractivity contribution >= 4 is 39.5 Å². The van der Waals surface area contributed by atoms with Gasteiger partial charge in [0, 0.05) is 42.2 Å². The first-order chi connectivity index (χ1) is 33.0. The molecular weight excluding hydrogens is 835 g/mol. The van der Waals surface area contributed by atoms with Crippen LogP contribution < -0.4 is 10.9 Å². The average Bonchev–Trinajstić information content (AvgIpc) is 4.19. The molecule has 344 valence electrons. The van der Waals surface area contributed by atoms with Crippen molar-refractivity contribution in [3.8, 4) is 22.5 Å². The Bertz CT molecular complexity index is 3170. The molecule has 0 amide bonds. The van der Waals surface area contributed by atoms with Crippen molar-refractivity contribution in [1.29, 1.82) is 0 Å². The van der Waals surface area contributed by atoms with E-state index in [4.69, 9.17) is 15.0 Å². The zero-order chi connectivity index (χ0) is 45.1. The molecule has 1 saturated carbocycles. The van der Waals surface area contributed by atoms with E-state index in [0.717, 1.165) is 66.0 Å². The molecule has 6 aromatic carbocycles. The van der Waals surface area contributed by atoms with E-state index in [1.54, 1.807) is 0 Å². The van der Waals surface area contributed by atoms with Gasteiger partial charge in [-0.05, 0) is 128 Å². The number of H-pyrrole nitrogens is 1. The number of nitrogens with one attached hydrogen (secondary N) is 2. The van der Waals surface area contributed by atoms with E-state index in [0.29, 0.717) is 23.7 Å². The topological polar surface area (TPSA) is 91.2 Å². The van der Waals surface area contributed by atoms with Crippen molar-refractivity contribution in [3.05, 3.63) is 188 Å². The van der Waals surface area contributed by atoms with Crippen LogP contribution in [0.15, 0.2) is 149 Å². The molecule has 68 heavy (non-hydrogen) atoms. The molecule has 2 aromatic heterocycles. The molecule has 4 heterocycles. The van der Waals surface area contributed by atoms with E-state index in [9.17, 15) is 4.79 Å². The minimum absolute atomic E-state index is 0. The van der Waals surface area contributed by atoms with Crippen LogP contribution in [0.5, 0.6) is 0 Å². The predicted octanol–water partition coefficient (Wildman–Crippen LogP) is 13.0. The fourth-order valence-electron chi connectivity index (χ4n) is 10.7. The van der Waals surface area contributed by atoms with E-state index < -0.39 is 0 Å². The van der Waals surface area contributed by atoms with Gasteiger partial charge in [0.1, 0.15) is 11.5 Å². The molecule has 0 spiro atoms. The molecule has 0 atom stereocenters. The van der Waals surface area contributed by atoms with Gasteiger partial charge < -0.3 is 19.8 Å². The third-order valence-electron chi connectivity index (χ3n) is 14.2. The number of aliphatic imine (C=N–C) groups is 1. The maximum Gasteiger partial charge on any atom is 0.270 e. The zero-order valence-corrected chi connectivity index (χ0v) is 38.6. The molecule has 0 radical (unpaired) electrons. The first kappa shape index (κ1) is 44.9. The summed E-state index contributed by atoms with van der Waals surface area (Å²) in [7, 11) is 0. The van der Waals surface area contributed by atoms with Crippen LogP contribution in [0, 0.1) is 6.92 Å². The normalized spacial score (nSPS) is 15.6. The summed E-state index contributed by atoms with van der Waals surface area (Å²) < 4.78 is 2.35. The van der Waals surface area contributed by atoms with Gasteiger partial charge >= 0.3 is 0 Å². The van der Waals surface area contributed by atoms with Gasteiger partial charge in [-0.1, -0.05) is 141 Å². The van der Waals surface area contributed by atoms with Crippen LogP contribution in [-0.2, 0) is 25.9 Å². The molecule has 2 N–H and O–H groups in total. The Labute approximate surface area is 400 Å². The number of aromatic amines is 1. The SMILES string of the molecule is C.Cc1ccc2c(c1)CC(C1=NCc3ccc(NC4CCCC4)cc31)=C2.O=c1[nH]c2cc3nc(-c4ccc(-c5ccccc5)cc4)n(CCCN4CCCCC4)c3cc2nc1Cc1ccccc1. The van der Waals surface area contributed by atoms with E-state index in [2.05, 4.69) is 124 Å². The molecule has 8 aromatic rings. The maximum absolute atomic E-state index is 13.0. The Morgan fingerprint density at radius 2 is 1.46 bits per heavy atom. The third kappa shape index (κ3) is 9.74. The summed E-state index contributed by atoms with van der Waals surface area (Å²) in [6.45, 7) is 7.35. The van der Waals surface area contributed by atoms with E-state index in [1.165, 1.54) is 114 Å². The van der Waals surface area contributed by atoms with Crippen LogP contribution in [0.2, 0.25) is 0 Å². The number of allylic oxidation sites excluding steroid dienone is 1. The Morgan fingerprint density at radius 1 is 0.706 bits per heavy atom. The van der Waals surface area contributed by atoms with E-state index in [1.807, 2.05) is 42.5 Å². The summed E-state index contributed by atoms with van der Waals surface area (Å²) in [5.74, 6) is 0.949. The Kier molecular flexibility index (Phi) is 13.3. The molecule has 12 rings (SSSR count). The second kappa shape index (κ2) is 20.1. The van der Waals surface area contributed by atoms with Crippen molar-refractivity contribution in [2.45, 2.75) is 97.7 Å². The predicted molar refractivity (Wildman–Crippen MR) is 283 cm³/mol. The average molecular weight is 898 g/mol. The minimum Gasteiger partial charge on any atom is -0.382 e. The van der Waals surface area contributed by atoms with Crippen molar-refractivity contribution in [3.63, 3.8) is 0 Å². The van der Waals surface area contributed by atoms with Crippen LogP contribution >= 0.6 is 0 Å². The number of hydrogen-bond donors (Lipinski definition) is 2. The highest BCUT2D eigenvalue weighted by atomic mass is 16.1. The highest BCUT2D eigenvalue weighted by Gasteiger charge is 2.25. The van der Waals surface area contributed by atoms with Crippen LogP contribution in [-0.4, -0.2) is 55.8 Å². The van der Waals surface area contributed by atoms with Gasteiger partial charge in [0.25, 0.3) is 5.56 Å². The first-order valence-corrected chi connectivity index (χ1v) is 24.6. The molecule has 0 unspecified atom stereocenters. The Hall–Kier alpha value is -6.90. The number of nitrogens with zero attached hydrogens (tertiary/aromatic N) is 5. The summed E-state index contributed by atoms with van der Waals surface area (Å²) in [5, 5.41) is 3.73. The fraction of sp³-hybridized carbons (Fsp3) is 0.300. The Morgan fingerprint density at radius 3 is 2.25 bits per heavy atom. The number of hydrogen-bond acceptors (Lipinski definition) is 6. The molecule has 8 heteroatoms. The number of rotatable bonds is 11. The molecule has 8 nitrogen and oxygen atoms in total. The van der Waals surface area contributed by atoms with Gasteiger partial charge in [-0.15, -0.1) is 0 Å². The van der Waals surface area contributed by atoms with Gasteiger partial charge in [-0.25, -0.2) is 9.97 Å². The van der Waals surface area contributed by atoms with Gasteiger partial charge in [0.15, 0.2) is 0 Å². The lowest BCUT2D eigenvalue weighted by atomic mass is 9.98. The lowest BCUT2D eigenvalue weighted by Gasteiger charge is -2.26. The highest BCUT2D eigenvalue weighted by molar-refractivity contribution is 6.18. The van der Waals surface area contributed by atoms with E-state index >= 15 is 0 Å². The van der Waals surface area contributed by atoms with Crippen LogP contribution in [0.25, 0.3) is 50.7 Å². The highest BCUT2D eigenvalue weighted by Crippen LogP contribution is 2.35. The summed E-state index contributed by atoms with van der Waals surface area (Å²) >= 11 is 0. The summed E-state index contributed by atoms with van der Waals surface area (Å²) in [5.41, 5.74) is 19.0. The smallest absolute Gasteiger partial charge is 0.270 e. The van der Waals surface area contributed by atoms with Gasteiger partial charge in [0.2, 0.25) is 0 Å². The zero-order valence-electron chi connectivity index (χ0n) is 38.6. The molecule has 2 aliphatic heterocycles. The number of likely N-dealkylation sites (tertiary alicyclic amines) is 1. The van der Waals surface area contributed by atoms with Gasteiger partial charge in [0.05, 0.1) is 34.3 Å². The van der Waals surface area contributed by atoms with Crippen LogP contribution in [0.1, 0.15) is 97.9 Å². The Balaban J connectivity index is 0.000000176. The number of imidazole rings is 1. The summed E-state index contributed by atoms with van der Waals surface area (Å²) in [6, 6.07) is 47.5. The number of aromatic nitrogens is 4. The number of aryl methyl sites for hydroxylation is 2. The number of piperidine rings is 1. The molecule has 2 aliphatic carbocycles. The van der Waals surface area contributed by atoms with Crippen LogP contribution in [0.4, 0.5) is 5.69 Å². The maximum atomic E-state index is 13.0. The minimum atomic E-state index is -0.150. The summed E-state index contributed by atoms with van der Waals surface area (Å²) in [6.07, 6.45) is 14.2. The largest absolute Gasteiger partial charge is 0.382 e. The van der Waals surface area contributed by atoms with Gasteiger partial charge in [-0.2, -0.15) is 0 Å². The number of anilines is 1. The quantitative estimate of drug-likeness (QED) is 0.135. The van der Waals surface area contributed by atoms with Gasteiger partial charge in [-0.3, -0.25) is 9.79 Å². The van der Waals surface area contributed by atoms with Crippen molar-refractivity contribution < 1.29 is 0 Å². The number of fused-ring (bicyclic) bond motifs is 4.